The topological polar surface area (TPSA) is 41.6 Å². The van der Waals surface area contributed by atoms with Crippen molar-refractivity contribution in [3.05, 3.63) is 35.9 Å². The Balaban J connectivity index is 2.03. The fourth-order valence-electron chi connectivity index (χ4n) is 2.26. The first-order chi connectivity index (χ1) is 9.29. The summed E-state index contributed by atoms with van der Waals surface area (Å²) in [7, 11) is 0. The molecule has 0 aliphatic carbocycles. The summed E-state index contributed by atoms with van der Waals surface area (Å²) in [5.41, 5.74) is 1.16. The van der Waals surface area contributed by atoms with Crippen molar-refractivity contribution in [1.29, 1.82) is 0 Å². The highest BCUT2D eigenvalue weighted by Gasteiger charge is 2.19. The van der Waals surface area contributed by atoms with E-state index in [-0.39, 0.29) is 11.9 Å². The summed E-state index contributed by atoms with van der Waals surface area (Å²) in [6.07, 6.45) is 0.520. The average Bonchev–Trinajstić information content (AvgIpc) is 2.48. The summed E-state index contributed by atoms with van der Waals surface area (Å²) >= 11 is 0. The maximum absolute atomic E-state index is 11.7. The van der Waals surface area contributed by atoms with E-state index in [1.165, 1.54) is 0 Å². The quantitative estimate of drug-likeness (QED) is 0.876. The highest BCUT2D eigenvalue weighted by molar-refractivity contribution is 5.76. The minimum atomic E-state index is 0.0618. The van der Waals surface area contributed by atoms with E-state index in [1.807, 2.05) is 25.1 Å². The molecule has 1 aromatic carbocycles. The molecule has 1 aromatic rings. The van der Waals surface area contributed by atoms with E-state index in [1.54, 1.807) is 0 Å². The van der Waals surface area contributed by atoms with Gasteiger partial charge in [0.2, 0.25) is 5.91 Å². The normalized spacial score (nSPS) is 17.9. The fourth-order valence-corrected chi connectivity index (χ4v) is 2.26. The second-order valence-corrected chi connectivity index (χ2v) is 4.80. The van der Waals surface area contributed by atoms with Crippen molar-refractivity contribution in [2.24, 2.45) is 0 Å². The first kappa shape index (κ1) is 14.0. The molecule has 0 spiro atoms. The van der Waals surface area contributed by atoms with E-state index in [9.17, 15) is 4.79 Å². The molecule has 0 radical (unpaired) electrons. The van der Waals surface area contributed by atoms with Crippen molar-refractivity contribution in [2.45, 2.75) is 19.4 Å². The molecule has 1 aliphatic heterocycles. The summed E-state index contributed by atoms with van der Waals surface area (Å²) in [4.78, 5) is 14.0. The molecular weight excluding hydrogens is 240 g/mol. The van der Waals surface area contributed by atoms with E-state index in [4.69, 9.17) is 4.74 Å². The van der Waals surface area contributed by atoms with Crippen LogP contribution >= 0.6 is 0 Å². The number of ether oxygens (including phenoxy) is 1. The smallest absolute Gasteiger partial charge is 0.220 e. The van der Waals surface area contributed by atoms with Crippen LogP contribution in [0.5, 0.6) is 0 Å². The first-order valence-corrected chi connectivity index (χ1v) is 6.94. The Hall–Kier alpha value is -1.39. The number of nitrogens with one attached hydrogen (secondary N) is 1. The van der Waals surface area contributed by atoms with Gasteiger partial charge in [-0.3, -0.25) is 9.69 Å². The molecule has 1 N–H and O–H groups in total. The summed E-state index contributed by atoms with van der Waals surface area (Å²) in [5, 5.41) is 3.11. The lowest BCUT2D eigenvalue weighted by Gasteiger charge is -2.31. The molecule has 104 valence electrons. The molecule has 1 heterocycles. The zero-order chi connectivity index (χ0) is 13.5. The number of rotatable bonds is 5. The molecule has 1 atom stereocenters. The minimum Gasteiger partial charge on any atom is -0.379 e. The van der Waals surface area contributed by atoms with Crippen molar-refractivity contribution >= 4 is 5.91 Å². The van der Waals surface area contributed by atoms with Crippen LogP contribution in [0, 0.1) is 0 Å². The Morgan fingerprint density at radius 3 is 2.63 bits per heavy atom. The van der Waals surface area contributed by atoms with Gasteiger partial charge in [-0.1, -0.05) is 37.3 Å². The molecule has 1 aliphatic rings. The van der Waals surface area contributed by atoms with Crippen molar-refractivity contribution in [2.75, 3.05) is 32.8 Å². The Morgan fingerprint density at radius 2 is 2.00 bits per heavy atom. The molecular formula is C15H22N2O2. The molecule has 1 saturated heterocycles. The summed E-state index contributed by atoms with van der Waals surface area (Å²) in [6.45, 7) is 6.16. The molecule has 0 aromatic heterocycles. The zero-order valence-corrected chi connectivity index (χ0v) is 11.5. The van der Waals surface area contributed by atoms with E-state index >= 15 is 0 Å². The second kappa shape index (κ2) is 7.26. The average molecular weight is 262 g/mol. The number of hydrogen-bond donors (Lipinski definition) is 1. The summed E-state index contributed by atoms with van der Waals surface area (Å²) in [5.74, 6) is 0.0992. The predicted octanol–water partition coefficient (Wildman–Crippen LogP) is 1.59. The van der Waals surface area contributed by atoms with Crippen LogP contribution < -0.4 is 5.32 Å². The van der Waals surface area contributed by atoms with E-state index in [0.717, 1.165) is 38.4 Å². The molecule has 4 heteroatoms. The van der Waals surface area contributed by atoms with E-state index < -0.39 is 0 Å². The molecule has 1 fully saturated rings. The first-order valence-electron chi connectivity index (χ1n) is 6.94. The summed E-state index contributed by atoms with van der Waals surface area (Å²) in [6, 6.07) is 10.2. The highest BCUT2D eigenvalue weighted by Crippen LogP contribution is 2.15. The van der Waals surface area contributed by atoms with Crippen LogP contribution in [-0.4, -0.2) is 43.7 Å². The van der Waals surface area contributed by atoms with Gasteiger partial charge in [-0.25, -0.2) is 0 Å². The zero-order valence-electron chi connectivity index (χ0n) is 11.5. The van der Waals surface area contributed by atoms with Crippen LogP contribution in [0.25, 0.3) is 0 Å². The van der Waals surface area contributed by atoms with Gasteiger partial charge in [-0.05, 0) is 5.56 Å². The van der Waals surface area contributed by atoms with Crippen molar-refractivity contribution in [3.63, 3.8) is 0 Å². The van der Waals surface area contributed by atoms with Gasteiger partial charge < -0.3 is 10.1 Å². The van der Waals surface area contributed by atoms with Gasteiger partial charge in [0.15, 0.2) is 0 Å². The van der Waals surface area contributed by atoms with E-state index in [0.29, 0.717) is 6.42 Å². The Bertz CT molecular complexity index is 388. The van der Waals surface area contributed by atoms with Gasteiger partial charge in [0.05, 0.1) is 19.3 Å². The van der Waals surface area contributed by atoms with Crippen molar-refractivity contribution < 1.29 is 9.53 Å². The van der Waals surface area contributed by atoms with Crippen molar-refractivity contribution in [1.82, 2.24) is 10.2 Å². The molecule has 0 bridgehead atoms. The Labute approximate surface area is 114 Å². The van der Waals surface area contributed by atoms with Crippen LogP contribution in [0.3, 0.4) is 0 Å². The fraction of sp³-hybridized carbons (Fsp3) is 0.533. The standard InChI is InChI=1S/C15H22N2O2/c1-2-15(18)16-14(13-6-4-3-5-7-13)12-17-8-10-19-11-9-17/h3-7,14H,2,8-12H2,1H3,(H,16,18)/t14-/m1/s1. The molecule has 1 amide bonds. The van der Waals surface area contributed by atoms with Gasteiger partial charge in [0, 0.05) is 26.1 Å². The molecule has 2 rings (SSSR count). The SMILES string of the molecule is CCC(=O)N[C@H](CN1CCOCC1)c1ccccc1. The van der Waals surface area contributed by atoms with Gasteiger partial charge in [-0.2, -0.15) is 0 Å². The number of morpholine rings is 1. The highest BCUT2D eigenvalue weighted by atomic mass is 16.5. The molecule has 4 nitrogen and oxygen atoms in total. The van der Waals surface area contributed by atoms with Crippen molar-refractivity contribution in [3.8, 4) is 0 Å². The third kappa shape index (κ3) is 4.33. The third-order valence-corrected chi connectivity index (χ3v) is 3.40. The Morgan fingerprint density at radius 1 is 1.32 bits per heavy atom. The molecule has 0 unspecified atom stereocenters. The minimum absolute atomic E-state index is 0.0618. The van der Waals surface area contributed by atoms with Gasteiger partial charge >= 0.3 is 0 Å². The number of amides is 1. The number of carbonyl (C=O) groups excluding carboxylic acids is 1. The second-order valence-electron chi connectivity index (χ2n) is 4.80. The van der Waals surface area contributed by atoms with Crippen LogP contribution in [0.15, 0.2) is 30.3 Å². The molecule has 0 saturated carbocycles. The number of nitrogens with zero attached hydrogens (tertiary/aromatic N) is 1. The lowest BCUT2D eigenvalue weighted by atomic mass is 10.1. The summed E-state index contributed by atoms with van der Waals surface area (Å²) < 4.78 is 5.36. The lowest BCUT2D eigenvalue weighted by molar-refractivity contribution is -0.121. The van der Waals surface area contributed by atoms with Crippen LogP contribution in [0.1, 0.15) is 24.9 Å². The van der Waals surface area contributed by atoms with E-state index in [2.05, 4.69) is 22.3 Å². The number of benzene rings is 1. The maximum atomic E-state index is 11.7. The Kier molecular flexibility index (Phi) is 5.36. The predicted molar refractivity (Wildman–Crippen MR) is 74.9 cm³/mol. The molecule has 19 heavy (non-hydrogen) atoms. The third-order valence-electron chi connectivity index (χ3n) is 3.40. The van der Waals surface area contributed by atoms with Gasteiger partial charge in [0.25, 0.3) is 0 Å². The monoisotopic (exact) mass is 262 g/mol. The van der Waals surface area contributed by atoms with Crippen LogP contribution in [-0.2, 0) is 9.53 Å². The van der Waals surface area contributed by atoms with Crippen LogP contribution in [0.4, 0.5) is 0 Å². The van der Waals surface area contributed by atoms with Gasteiger partial charge in [0.1, 0.15) is 0 Å². The number of hydrogen-bond acceptors (Lipinski definition) is 3. The largest absolute Gasteiger partial charge is 0.379 e. The van der Waals surface area contributed by atoms with Crippen LogP contribution in [0.2, 0.25) is 0 Å². The van der Waals surface area contributed by atoms with Gasteiger partial charge in [-0.15, -0.1) is 0 Å². The maximum Gasteiger partial charge on any atom is 0.220 e. The number of carbonyl (C=O) groups is 1. The lowest BCUT2D eigenvalue weighted by Crippen LogP contribution is -2.43.